The second kappa shape index (κ2) is 3.86. The minimum Gasteiger partial charge on any atom is -0.383 e. The summed E-state index contributed by atoms with van der Waals surface area (Å²) in [5.41, 5.74) is 11.8. The fraction of sp³-hybridized carbons (Fsp3) is 0. The van der Waals surface area contributed by atoms with Crippen LogP contribution in [-0.2, 0) is 0 Å². The Morgan fingerprint density at radius 3 is 2.38 bits per heavy atom. The monoisotopic (exact) mass is 236 g/mol. The number of H-pyrrole nitrogens is 1. The lowest BCUT2D eigenvalue weighted by Crippen LogP contribution is -2.06. The van der Waals surface area contributed by atoms with Gasteiger partial charge in [-0.2, -0.15) is 5.10 Å². The highest BCUT2D eigenvalue weighted by Crippen LogP contribution is 2.20. The first kappa shape index (κ1) is 10.5. The fourth-order valence-electron chi connectivity index (χ4n) is 1.35. The molecule has 0 radical (unpaired) electrons. The van der Waals surface area contributed by atoms with Gasteiger partial charge in [0.2, 0.25) is 5.78 Å². The molecule has 0 spiro atoms. The molecular weight excluding hydrogens is 228 g/mol. The van der Waals surface area contributed by atoms with E-state index in [-0.39, 0.29) is 23.0 Å². The molecule has 6 heteroatoms. The summed E-state index contributed by atoms with van der Waals surface area (Å²) in [4.78, 5) is 12.0. The Labute approximate surface area is 96.4 Å². The van der Waals surface area contributed by atoms with E-state index in [0.717, 1.165) is 0 Å². The highest BCUT2D eigenvalue weighted by atomic mass is 35.5. The number of ketones is 1. The Bertz CT molecular complexity index is 513. The van der Waals surface area contributed by atoms with Crippen molar-refractivity contribution in [2.45, 2.75) is 0 Å². The van der Waals surface area contributed by atoms with Gasteiger partial charge in [0.05, 0.1) is 0 Å². The van der Waals surface area contributed by atoms with Gasteiger partial charge in [-0.25, -0.2) is 0 Å². The first-order chi connectivity index (χ1) is 7.59. The normalized spacial score (nSPS) is 10.3. The average molecular weight is 237 g/mol. The topological polar surface area (TPSA) is 97.8 Å². The Morgan fingerprint density at radius 2 is 1.88 bits per heavy atom. The van der Waals surface area contributed by atoms with Gasteiger partial charge in [-0.15, -0.1) is 0 Å². The van der Waals surface area contributed by atoms with Crippen LogP contribution in [0.4, 0.5) is 11.6 Å². The van der Waals surface area contributed by atoms with Crippen molar-refractivity contribution in [3.05, 3.63) is 40.4 Å². The molecule has 0 saturated carbocycles. The molecule has 1 aromatic carbocycles. The van der Waals surface area contributed by atoms with E-state index < -0.39 is 0 Å². The second-order valence-corrected chi connectivity index (χ2v) is 3.67. The van der Waals surface area contributed by atoms with Crippen LogP contribution in [0.2, 0.25) is 5.02 Å². The number of carbonyl (C=O) groups excluding carboxylic acids is 1. The van der Waals surface area contributed by atoms with Gasteiger partial charge in [0.1, 0.15) is 11.4 Å². The number of anilines is 2. The first-order valence-electron chi connectivity index (χ1n) is 4.49. The molecule has 1 heterocycles. The highest BCUT2D eigenvalue weighted by Gasteiger charge is 2.18. The van der Waals surface area contributed by atoms with E-state index in [4.69, 9.17) is 23.1 Å². The molecule has 0 saturated heterocycles. The number of nitrogens with one attached hydrogen (secondary N) is 1. The van der Waals surface area contributed by atoms with E-state index >= 15 is 0 Å². The van der Waals surface area contributed by atoms with Crippen LogP contribution < -0.4 is 11.5 Å². The van der Waals surface area contributed by atoms with Gasteiger partial charge in [0.15, 0.2) is 5.82 Å². The zero-order chi connectivity index (χ0) is 11.7. The van der Waals surface area contributed by atoms with Gasteiger partial charge in [-0.1, -0.05) is 11.6 Å². The molecule has 2 rings (SSSR count). The van der Waals surface area contributed by atoms with E-state index in [1.807, 2.05) is 0 Å². The van der Waals surface area contributed by atoms with Crippen molar-refractivity contribution in [1.29, 1.82) is 0 Å². The van der Waals surface area contributed by atoms with Crippen LogP contribution in [0, 0.1) is 0 Å². The number of nitrogens with two attached hydrogens (primary N) is 2. The number of aromatic nitrogens is 2. The van der Waals surface area contributed by atoms with Crippen molar-refractivity contribution >= 4 is 29.0 Å². The van der Waals surface area contributed by atoms with E-state index in [1.54, 1.807) is 24.3 Å². The van der Waals surface area contributed by atoms with Crippen LogP contribution in [0.3, 0.4) is 0 Å². The Morgan fingerprint density at radius 1 is 1.25 bits per heavy atom. The fourth-order valence-corrected chi connectivity index (χ4v) is 1.48. The number of hydrogen-bond acceptors (Lipinski definition) is 4. The largest absolute Gasteiger partial charge is 0.383 e. The lowest BCUT2D eigenvalue weighted by atomic mass is 10.1. The van der Waals surface area contributed by atoms with Crippen molar-refractivity contribution in [3.8, 4) is 0 Å². The van der Waals surface area contributed by atoms with Gasteiger partial charge in [0, 0.05) is 10.6 Å². The lowest BCUT2D eigenvalue weighted by molar-refractivity contribution is 0.104. The maximum atomic E-state index is 12.0. The molecule has 5 N–H and O–H groups in total. The highest BCUT2D eigenvalue weighted by molar-refractivity contribution is 6.30. The zero-order valence-corrected chi connectivity index (χ0v) is 8.95. The van der Waals surface area contributed by atoms with Crippen LogP contribution in [0.25, 0.3) is 0 Å². The van der Waals surface area contributed by atoms with Gasteiger partial charge in [-0.3, -0.25) is 9.89 Å². The number of rotatable bonds is 2. The molecule has 0 aliphatic carbocycles. The molecule has 0 fully saturated rings. The second-order valence-electron chi connectivity index (χ2n) is 3.23. The molecule has 0 aliphatic heterocycles. The van der Waals surface area contributed by atoms with Gasteiger partial charge in [0.25, 0.3) is 0 Å². The molecule has 82 valence electrons. The molecule has 5 nitrogen and oxygen atoms in total. The van der Waals surface area contributed by atoms with Crippen molar-refractivity contribution in [1.82, 2.24) is 10.2 Å². The number of aromatic amines is 1. The van der Waals surface area contributed by atoms with E-state index in [2.05, 4.69) is 10.2 Å². The molecule has 0 atom stereocenters. The third kappa shape index (κ3) is 1.72. The summed E-state index contributed by atoms with van der Waals surface area (Å²) >= 11 is 5.72. The minimum absolute atomic E-state index is 0.0949. The standard InChI is InChI=1S/C10H9ClN4O/c11-6-3-1-5(2-4-6)8(16)7-9(12)14-15-10(7)13/h1-4H,(H5,12,13,14,15). The summed E-state index contributed by atoms with van der Waals surface area (Å²) in [6.45, 7) is 0. The first-order valence-corrected chi connectivity index (χ1v) is 4.87. The van der Waals surface area contributed by atoms with Crippen molar-refractivity contribution in [2.24, 2.45) is 0 Å². The number of benzene rings is 1. The molecule has 1 aromatic heterocycles. The molecule has 0 bridgehead atoms. The summed E-state index contributed by atoms with van der Waals surface area (Å²) in [5.74, 6) is -0.0182. The Balaban J connectivity index is 2.43. The van der Waals surface area contributed by atoms with Gasteiger partial charge in [-0.05, 0) is 24.3 Å². The maximum absolute atomic E-state index is 12.0. The zero-order valence-electron chi connectivity index (χ0n) is 8.20. The van der Waals surface area contributed by atoms with Crippen molar-refractivity contribution < 1.29 is 4.79 Å². The molecule has 2 aromatic rings. The third-order valence-electron chi connectivity index (χ3n) is 2.16. The van der Waals surface area contributed by atoms with Gasteiger partial charge >= 0.3 is 0 Å². The Kier molecular flexibility index (Phi) is 2.54. The third-order valence-corrected chi connectivity index (χ3v) is 2.41. The number of nitrogens with zero attached hydrogens (tertiary/aromatic N) is 1. The van der Waals surface area contributed by atoms with E-state index in [9.17, 15) is 4.79 Å². The summed E-state index contributed by atoms with van der Waals surface area (Å²) in [5, 5.41) is 6.68. The van der Waals surface area contributed by atoms with Crippen LogP contribution >= 0.6 is 11.6 Å². The van der Waals surface area contributed by atoms with Crippen LogP contribution in [0.15, 0.2) is 24.3 Å². The van der Waals surface area contributed by atoms with Crippen LogP contribution in [0.5, 0.6) is 0 Å². The Hall–Kier alpha value is -2.01. The molecule has 0 aliphatic rings. The average Bonchev–Trinajstić information content (AvgIpc) is 2.59. The minimum atomic E-state index is -0.277. The van der Waals surface area contributed by atoms with E-state index in [1.165, 1.54) is 0 Å². The van der Waals surface area contributed by atoms with Crippen LogP contribution in [-0.4, -0.2) is 16.0 Å². The lowest BCUT2D eigenvalue weighted by Gasteiger charge is -2.00. The van der Waals surface area contributed by atoms with Crippen molar-refractivity contribution in [3.63, 3.8) is 0 Å². The summed E-state index contributed by atoms with van der Waals surface area (Å²) in [7, 11) is 0. The van der Waals surface area contributed by atoms with E-state index in [0.29, 0.717) is 10.6 Å². The molecular formula is C10H9ClN4O. The predicted octanol–water partition coefficient (Wildman–Crippen LogP) is 1.46. The summed E-state index contributed by atoms with van der Waals surface area (Å²) in [6, 6.07) is 6.47. The smallest absolute Gasteiger partial charge is 0.200 e. The molecule has 0 unspecified atom stereocenters. The molecule has 16 heavy (non-hydrogen) atoms. The number of carbonyl (C=O) groups is 1. The quantitative estimate of drug-likeness (QED) is 0.688. The maximum Gasteiger partial charge on any atom is 0.200 e. The summed E-state index contributed by atoms with van der Waals surface area (Å²) in [6.07, 6.45) is 0. The van der Waals surface area contributed by atoms with Crippen molar-refractivity contribution in [2.75, 3.05) is 11.5 Å². The number of halogens is 1. The predicted molar refractivity (Wildman–Crippen MR) is 62.3 cm³/mol. The van der Waals surface area contributed by atoms with Crippen LogP contribution in [0.1, 0.15) is 15.9 Å². The SMILES string of the molecule is Nc1n[nH]c(N)c1C(=O)c1ccc(Cl)cc1. The number of nitrogen functional groups attached to an aromatic ring is 2. The van der Waals surface area contributed by atoms with Gasteiger partial charge < -0.3 is 11.5 Å². The number of hydrogen-bond donors (Lipinski definition) is 3. The summed E-state index contributed by atoms with van der Waals surface area (Å²) < 4.78 is 0. The molecule has 0 amide bonds.